The third kappa shape index (κ3) is 6.15. The van der Waals surface area contributed by atoms with Crippen molar-refractivity contribution in [3.05, 3.63) is 55.9 Å². The Morgan fingerprint density at radius 1 is 1.21 bits per heavy atom. The highest BCUT2D eigenvalue weighted by molar-refractivity contribution is 9.10. The van der Waals surface area contributed by atoms with Gasteiger partial charge in [-0.15, -0.1) is 21.5 Å². The van der Waals surface area contributed by atoms with E-state index in [1.807, 2.05) is 28.8 Å². The number of thiophene rings is 1. The molecule has 0 aliphatic carbocycles. The summed E-state index contributed by atoms with van der Waals surface area (Å²) < 4.78 is 3.53. The molecule has 0 radical (unpaired) electrons. The monoisotopic (exact) mass is 512 g/mol. The van der Waals surface area contributed by atoms with E-state index in [9.17, 15) is 9.59 Å². The van der Waals surface area contributed by atoms with Gasteiger partial charge < -0.3 is 5.32 Å². The fourth-order valence-corrected chi connectivity index (χ4v) is 4.77. The first-order valence-electron chi connectivity index (χ1n) is 8.80. The average Bonchev–Trinajstić information content (AvgIpc) is 3.30. The number of aromatic nitrogens is 3. The van der Waals surface area contributed by atoms with Gasteiger partial charge in [-0.1, -0.05) is 39.3 Å². The molecule has 0 saturated heterocycles. The summed E-state index contributed by atoms with van der Waals surface area (Å²) >= 11 is 12.0. The Labute approximate surface area is 190 Å². The number of hydrogen-bond donors (Lipinski definition) is 1. The van der Waals surface area contributed by atoms with E-state index in [1.54, 1.807) is 12.1 Å². The lowest BCUT2D eigenvalue weighted by Crippen LogP contribution is -2.21. The number of Topliss-reactive ketones (excluding diaryl/α,β-unsaturated/α-hetero) is 1. The van der Waals surface area contributed by atoms with Crippen molar-refractivity contribution in [2.24, 2.45) is 0 Å². The van der Waals surface area contributed by atoms with Crippen molar-refractivity contribution in [1.29, 1.82) is 0 Å². The van der Waals surface area contributed by atoms with Crippen LogP contribution in [0.2, 0.25) is 4.34 Å². The number of benzene rings is 1. The standard InChI is InChI=1S/C19H18BrClN4O2S2/c1-12(26)22-10-2-3-18-23-24-19(25(18)14-6-4-13(20)5-7-14)28-11-15(27)16-8-9-17(21)29-16/h4-9H,2-3,10-11H2,1H3,(H,22,26). The molecule has 6 nitrogen and oxygen atoms in total. The summed E-state index contributed by atoms with van der Waals surface area (Å²) in [4.78, 5) is 24.1. The molecule has 0 spiro atoms. The minimum absolute atomic E-state index is 0.00413. The molecule has 0 atom stereocenters. The molecule has 0 unspecified atom stereocenters. The van der Waals surface area contributed by atoms with Gasteiger partial charge in [0, 0.05) is 30.0 Å². The highest BCUT2D eigenvalue weighted by Crippen LogP contribution is 2.27. The Morgan fingerprint density at radius 3 is 2.62 bits per heavy atom. The number of halogens is 2. The molecule has 29 heavy (non-hydrogen) atoms. The molecule has 1 aromatic carbocycles. The summed E-state index contributed by atoms with van der Waals surface area (Å²) in [7, 11) is 0. The second kappa shape index (κ2) is 10.4. The molecule has 3 aromatic rings. The number of ketones is 1. The highest BCUT2D eigenvalue weighted by atomic mass is 79.9. The largest absolute Gasteiger partial charge is 0.356 e. The summed E-state index contributed by atoms with van der Waals surface area (Å²) in [6.45, 7) is 2.07. The predicted molar refractivity (Wildman–Crippen MR) is 120 cm³/mol. The Bertz CT molecular complexity index is 1000. The molecule has 0 saturated carbocycles. The van der Waals surface area contributed by atoms with Gasteiger partial charge in [-0.2, -0.15) is 0 Å². The van der Waals surface area contributed by atoms with E-state index in [0.29, 0.717) is 27.3 Å². The topological polar surface area (TPSA) is 76.9 Å². The van der Waals surface area contributed by atoms with Crippen LogP contribution in [-0.4, -0.2) is 38.8 Å². The molecule has 0 aliphatic heterocycles. The normalized spacial score (nSPS) is 10.9. The Morgan fingerprint density at radius 2 is 1.97 bits per heavy atom. The molecule has 0 bridgehead atoms. The van der Waals surface area contributed by atoms with Gasteiger partial charge in [0.2, 0.25) is 5.91 Å². The Kier molecular flexibility index (Phi) is 7.88. The van der Waals surface area contributed by atoms with E-state index < -0.39 is 0 Å². The summed E-state index contributed by atoms with van der Waals surface area (Å²) in [5.41, 5.74) is 0.918. The number of carbonyl (C=O) groups excluding carboxylic acids is 2. The van der Waals surface area contributed by atoms with Crippen LogP contribution in [0, 0.1) is 0 Å². The minimum atomic E-state index is -0.0530. The van der Waals surface area contributed by atoms with Crippen molar-refractivity contribution in [2.75, 3.05) is 12.3 Å². The number of nitrogens with zero attached hydrogens (tertiary/aromatic N) is 3. The zero-order valence-corrected chi connectivity index (χ0v) is 19.5. The number of carbonyl (C=O) groups is 2. The second-order valence-corrected chi connectivity index (χ2v) is 9.69. The molecule has 1 N–H and O–H groups in total. The molecule has 3 rings (SSSR count). The van der Waals surface area contributed by atoms with Crippen LogP contribution >= 0.6 is 50.6 Å². The maximum Gasteiger partial charge on any atom is 0.216 e. The second-order valence-electron chi connectivity index (χ2n) is 6.11. The van der Waals surface area contributed by atoms with Crippen molar-refractivity contribution >= 4 is 62.3 Å². The molecule has 10 heteroatoms. The minimum Gasteiger partial charge on any atom is -0.356 e. The van der Waals surface area contributed by atoms with Crippen molar-refractivity contribution in [2.45, 2.75) is 24.9 Å². The number of thioether (sulfide) groups is 1. The first-order chi connectivity index (χ1) is 13.9. The van der Waals surface area contributed by atoms with Gasteiger partial charge in [0.15, 0.2) is 10.9 Å². The van der Waals surface area contributed by atoms with Crippen LogP contribution < -0.4 is 5.32 Å². The average molecular weight is 514 g/mol. The van der Waals surface area contributed by atoms with Gasteiger partial charge in [0.05, 0.1) is 15.0 Å². The Hall–Kier alpha value is -1.68. The van der Waals surface area contributed by atoms with Crippen molar-refractivity contribution in [3.63, 3.8) is 0 Å². The zero-order valence-electron chi connectivity index (χ0n) is 15.5. The van der Waals surface area contributed by atoms with Gasteiger partial charge in [0.25, 0.3) is 0 Å². The first kappa shape index (κ1) is 22.0. The van der Waals surface area contributed by atoms with Crippen LogP contribution in [-0.2, 0) is 11.2 Å². The third-order valence-electron chi connectivity index (χ3n) is 3.92. The lowest BCUT2D eigenvalue weighted by molar-refractivity contribution is -0.118. The zero-order chi connectivity index (χ0) is 20.8. The fourth-order valence-electron chi connectivity index (χ4n) is 2.58. The highest BCUT2D eigenvalue weighted by Gasteiger charge is 2.17. The van der Waals surface area contributed by atoms with Gasteiger partial charge in [-0.3, -0.25) is 14.2 Å². The summed E-state index contributed by atoms with van der Waals surface area (Å²) in [5.74, 6) is 0.983. The van der Waals surface area contributed by atoms with Crippen LogP contribution in [0.3, 0.4) is 0 Å². The molecule has 0 fully saturated rings. The molecule has 152 valence electrons. The van der Waals surface area contributed by atoms with Crippen LogP contribution in [0.25, 0.3) is 5.69 Å². The van der Waals surface area contributed by atoms with E-state index in [-0.39, 0.29) is 17.4 Å². The summed E-state index contributed by atoms with van der Waals surface area (Å²) in [5, 5.41) is 12.1. The predicted octanol–water partition coefficient (Wildman–Crippen LogP) is 4.79. The smallest absolute Gasteiger partial charge is 0.216 e. The molecule has 1 amide bonds. The quantitative estimate of drug-likeness (QED) is 0.253. The summed E-state index contributed by atoms with van der Waals surface area (Å²) in [6, 6.07) is 11.3. The lowest BCUT2D eigenvalue weighted by Gasteiger charge is -2.10. The molecular formula is C19H18BrClN4O2S2. The molecule has 0 aliphatic rings. The van der Waals surface area contributed by atoms with Gasteiger partial charge in [-0.05, 0) is 42.8 Å². The van der Waals surface area contributed by atoms with Gasteiger partial charge in [-0.25, -0.2) is 0 Å². The van der Waals surface area contributed by atoms with Gasteiger partial charge in [0.1, 0.15) is 5.82 Å². The van der Waals surface area contributed by atoms with E-state index in [4.69, 9.17) is 11.6 Å². The van der Waals surface area contributed by atoms with E-state index in [1.165, 1.54) is 30.0 Å². The van der Waals surface area contributed by atoms with Crippen LogP contribution in [0.5, 0.6) is 0 Å². The maximum atomic E-state index is 12.4. The van der Waals surface area contributed by atoms with Crippen molar-refractivity contribution in [1.82, 2.24) is 20.1 Å². The third-order valence-corrected chi connectivity index (χ3v) is 6.65. The number of hydrogen-bond acceptors (Lipinski definition) is 6. The fraction of sp³-hybridized carbons (Fsp3) is 0.263. The number of nitrogens with one attached hydrogen (secondary N) is 1. The molecule has 2 heterocycles. The van der Waals surface area contributed by atoms with Crippen LogP contribution in [0.1, 0.15) is 28.8 Å². The maximum absolute atomic E-state index is 12.4. The van der Waals surface area contributed by atoms with Crippen molar-refractivity contribution < 1.29 is 9.59 Å². The number of aryl methyl sites for hydroxylation is 1. The lowest BCUT2D eigenvalue weighted by atomic mass is 10.2. The summed E-state index contributed by atoms with van der Waals surface area (Å²) in [6.07, 6.45) is 1.39. The van der Waals surface area contributed by atoms with Gasteiger partial charge >= 0.3 is 0 Å². The van der Waals surface area contributed by atoms with Crippen molar-refractivity contribution in [3.8, 4) is 5.69 Å². The van der Waals surface area contributed by atoms with Crippen LogP contribution in [0.4, 0.5) is 0 Å². The number of amides is 1. The first-order valence-corrected chi connectivity index (χ1v) is 11.8. The molecular weight excluding hydrogens is 496 g/mol. The SMILES string of the molecule is CC(=O)NCCCc1nnc(SCC(=O)c2ccc(Cl)s2)n1-c1ccc(Br)cc1. The van der Waals surface area contributed by atoms with E-state index >= 15 is 0 Å². The Balaban J connectivity index is 1.77. The number of rotatable bonds is 9. The van der Waals surface area contributed by atoms with E-state index in [2.05, 4.69) is 31.4 Å². The van der Waals surface area contributed by atoms with Crippen LogP contribution in [0.15, 0.2) is 46.0 Å². The van der Waals surface area contributed by atoms with E-state index in [0.717, 1.165) is 22.4 Å². The molecule has 2 aromatic heterocycles.